The summed E-state index contributed by atoms with van der Waals surface area (Å²) in [5.74, 6) is 2.37. The van der Waals surface area contributed by atoms with Crippen molar-refractivity contribution in [3.05, 3.63) is 30.3 Å². The molecular weight excluding hydrogens is 250 g/mol. The average molecular weight is 273 g/mol. The van der Waals surface area contributed by atoms with Crippen molar-refractivity contribution in [2.24, 2.45) is 11.8 Å². The summed E-state index contributed by atoms with van der Waals surface area (Å²) in [6.07, 6.45) is 5.43. The second kappa shape index (κ2) is 5.86. The molecule has 20 heavy (non-hydrogen) atoms. The SMILES string of the molecule is CC[C@@H](Oc1ccccc1)C(=O)N[C@@H]1C[C@@H]2CC[C@@H]1C2. The molecule has 2 saturated carbocycles. The van der Waals surface area contributed by atoms with Crippen LogP contribution < -0.4 is 10.1 Å². The Balaban J connectivity index is 1.57. The van der Waals surface area contributed by atoms with Gasteiger partial charge in [0.15, 0.2) is 6.10 Å². The predicted octanol–water partition coefficient (Wildman–Crippen LogP) is 3.15. The minimum atomic E-state index is -0.378. The molecule has 2 bridgehead atoms. The van der Waals surface area contributed by atoms with Gasteiger partial charge < -0.3 is 10.1 Å². The van der Waals surface area contributed by atoms with E-state index in [1.54, 1.807) is 0 Å². The Labute approximate surface area is 120 Å². The van der Waals surface area contributed by atoms with Crippen molar-refractivity contribution in [2.75, 3.05) is 0 Å². The standard InChI is InChI=1S/C17H23NO2/c1-2-16(20-14-6-4-3-5-7-14)17(19)18-15-11-12-8-9-13(15)10-12/h3-7,12-13,15-16H,2,8-11H2,1H3,(H,18,19)/t12-,13-,15-,16-/m1/s1. The summed E-state index contributed by atoms with van der Waals surface area (Å²) in [6, 6.07) is 9.98. The van der Waals surface area contributed by atoms with E-state index >= 15 is 0 Å². The van der Waals surface area contributed by atoms with E-state index in [4.69, 9.17) is 4.74 Å². The molecular formula is C17H23NO2. The van der Waals surface area contributed by atoms with E-state index in [2.05, 4.69) is 5.32 Å². The quantitative estimate of drug-likeness (QED) is 0.895. The largest absolute Gasteiger partial charge is 0.481 e. The normalized spacial score (nSPS) is 29.1. The molecule has 1 N–H and O–H groups in total. The summed E-state index contributed by atoms with van der Waals surface area (Å²) >= 11 is 0. The fraction of sp³-hybridized carbons (Fsp3) is 0.588. The number of nitrogens with one attached hydrogen (secondary N) is 1. The van der Waals surface area contributed by atoms with Gasteiger partial charge in [0.2, 0.25) is 0 Å². The summed E-state index contributed by atoms with van der Waals surface area (Å²) in [5.41, 5.74) is 0. The third kappa shape index (κ3) is 2.82. The van der Waals surface area contributed by atoms with Gasteiger partial charge >= 0.3 is 0 Å². The Kier molecular flexibility index (Phi) is 3.95. The van der Waals surface area contributed by atoms with Crippen LogP contribution in [-0.4, -0.2) is 18.1 Å². The molecule has 0 spiro atoms. The molecule has 0 heterocycles. The number of rotatable bonds is 5. The average Bonchev–Trinajstić information content (AvgIpc) is 3.08. The predicted molar refractivity (Wildman–Crippen MR) is 78.5 cm³/mol. The van der Waals surface area contributed by atoms with Gasteiger partial charge in [-0.3, -0.25) is 4.79 Å². The lowest BCUT2D eigenvalue weighted by Crippen LogP contribution is -2.45. The van der Waals surface area contributed by atoms with Crippen LogP contribution in [0.3, 0.4) is 0 Å². The molecule has 1 aromatic carbocycles. The number of ether oxygens (including phenoxy) is 1. The number of benzene rings is 1. The highest BCUT2D eigenvalue weighted by Gasteiger charge is 2.40. The highest BCUT2D eigenvalue weighted by molar-refractivity contribution is 5.81. The first kappa shape index (κ1) is 13.5. The maximum Gasteiger partial charge on any atom is 0.261 e. The first-order valence-corrected chi connectivity index (χ1v) is 7.78. The van der Waals surface area contributed by atoms with Crippen molar-refractivity contribution >= 4 is 5.91 Å². The lowest BCUT2D eigenvalue weighted by atomic mass is 9.95. The van der Waals surface area contributed by atoms with E-state index in [1.807, 2.05) is 37.3 Å². The Morgan fingerprint density at radius 2 is 2.10 bits per heavy atom. The molecule has 3 heteroatoms. The zero-order chi connectivity index (χ0) is 13.9. The van der Waals surface area contributed by atoms with Crippen LogP contribution in [0.25, 0.3) is 0 Å². The summed E-state index contributed by atoms with van der Waals surface area (Å²) < 4.78 is 5.80. The van der Waals surface area contributed by atoms with Crippen LogP contribution in [0.1, 0.15) is 39.0 Å². The Morgan fingerprint density at radius 1 is 1.30 bits per heavy atom. The molecule has 2 aliphatic rings. The maximum absolute atomic E-state index is 12.4. The number of hydrogen-bond acceptors (Lipinski definition) is 2. The van der Waals surface area contributed by atoms with Crippen LogP contribution in [0, 0.1) is 11.8 Å². The van der Waals surface area contributed by atoms with Gasteiger partial charge in [0.1, 0.15) is 5.75 Å². The molecule has 4 atom stereocenters. The van der Waals surface area contributed by atoms with Crippen molar-refractivity contribution in [3.63, 3.8) is 0 Å². The van der Waals surface area contributed by atoms with Crippen molar-refractivity contribution in [3.8, 4) is 5.75 Å². The molecule has 3 rings (SSSR count). The van der Waals surface area contributed by atoms with Gasteiger partial charge in [0.05, 0.1) is 0 Å². The first-order chi connectivity index (χ1) is 9.76. The second-order valence-electron chi connectivity index (χ2n) is 6.12. The highest BCUT2D eigenvalue weighted by Crippen LogP contribution is 2.44. The molecule has 0 aromatic heterocycles. The Bertz CT molecular complexity index is 459. The molecule has 2 aliphatic carbocycles. The third-order valence-electron chi connectivity index (χ3n) is 4.75. The monoisotopic (exact) mass is 273 g/mol. The molecule has 0 radical (unpaired) electrons. The minimum absolute atomic E-state index is 0.0499. The summed E-state index contributed by atoms with van der Waals surface area (Å²) in [6.45, 7) is 1.99. The van der Waals surface area contributed by atoms with Crippen molar-refractivity contribution in [2.45, 2.75) is 51.2 Å². The summed E-state index contributed by atoms with van der Waals surface area (Å²) in [4.78, 5) is 12.4. The highest BCUT2D eigenvalue weighted by atomic mass is 16.5. The zero-order valence-electron chi connectivity index (χ0n) is 12.0. The topological polar surface area (TPSA) is 38.3 Å². The van der Waals surface area contributed by atoms with Crippen LogP contribution in [0.2, 0.25) is 0 Å². The molecule has 1 amide bonds. The number of carbonyl (C=O) groups is 1. The molecule has 2 fully saturated rings. The number of amides is 1. The molecule has 0 aliphatic heterocycles. The third-order valence-corrected chi connectivity index (χ3v) is 4.75. The van der Waals surface area contributed by atoms with Gasteiger partial charge in [-0.15, -0.1) is 0 Å². The molecule has 108 valence electrons. The van der Waals surface area contributed by atoms with Crippen LogP contribution in [-0.2, 0) is 4.79 Å². The van der Waals surface area contributed by atoms with E-state index in [1.165, 1.54) is 19.3 Å². The van der Waals surface area contributed by atoms with Gasteiger partial charge in [-0.2, -0.15) is 0 Å². The summed E-state index contributed by atoms with van der Waals surface area (Å²) in [7, 11) is 0. The van der Waals surface area contributed by atoms with Crippen LogP contribution in [0.15, 0.2) is 30.3 Å². The van der Waals surface area contributed by atoms with E-state index in [0.29, 0.717) is 18.4 Å². The van der Waals surface area contributed by atoms with E-state index < -0.39 is 0 Å². The molecule has 0 saturated heterocycles. The number of carbonyl (C=O) groups excluding carboxylic acids is 1. The lowest BCUT2D eigenvalue weighted by molar-refractivity contribution is -0.129. The zero-order valence-corrected chi connectivity index (χ0v) is 12.0. The minimum Gasteiger partial charge on any atom is -0.481 e. The van der Waals surface area contributed by atoms with Gasteiger partial charge in [-0.05, 0) is 49.7 Å². The fourth-order valence-corrected chi connectivity index (χ4v) is 3.68. The van der Waals surface area contributed by atoms with Crippen molar-refractivity contribution < 1.29 is 9.53 Å². The van der Waals surface area contributed by atoms with E-state index in [-0.39, 0.29) is 12.0 Å². The lowest BCUT2D eigenvalue weighted by Gasteiger charge is -2.25. The van der Waals surface area contributed by atoms with Gasteiger partial charge in [-0.25, -0.2) is 0 Å². The Morgan fingerprint density at radius 3 is 2.70 bits per heavy atom. The van der Waals surface area contributed by atoms with Crippen LogP contribution in [0.5, 0.6) is 5.75 Å². The van der Waals surface area contributed by atoms with Gasteiger partial charge in [-0.1, -0.05) is 31.5 Å². The van der Waals surface area contributed by atoms with Crippen LogP contribution in [0.4, 0.5) is 0 Å². The van der Waals surface area contributed by atoms with Gasteiger partial charge in [0, 0.05) is 6.04 Å². The van der Waals surface area contributed by atoms with Crippen LogP contribution >= 0.6 is 0 Å². The molecule has 1 aromatic rings. The Hall–Kier alpha value is -1.51. The second-order valence-corrected chi connectivity index (χ2v) is 6.12. The summed E-state index contributed by atoms with van der Waals surface area (Å²) in [5, 5.41) is 3.22. The smallest absolute Gasteiger partial charge is 0.261 e. The molecule has 0 unspecified atom stereocenters. The number of hydrogen-bond donors (Lipinski definition) is 1. The van der Waals surface area contributed by atoms with Crippen molar-refractivity contribution in [1.82, 2.24) is 5.32 Å². The number of fused-ring (bicyclic) bond motifs is 2. The van der Waals surface area contributed by atoms with E-state index in [9.17, 15) is 4.79 Å². The first-order valence-electron chi connectivity index (χ1n) is 7.78. The van der Waals surface area contributed by atoms with Crippen molar-refractivity contribution in [1.29, 1.82) is 0 Å². The molecule has 3 nitrogen and oxygen atoms in total. The number of para-hydroxylation sites is 1. The van der Waals surface area contributed by atoms with Gasteiger partial charge in [0.25, 0.3) is 5.91 Å². The van der Waals surface area contributed by atoms with E-state index in [0.717, 1.165) is 18.1 Å². The fourth-order valence-electron chi connectivity index (χ4n) is 3.68. The maximum atomic E-state index is 12.4.